The first kappa shape index (κ1) is 29.8. The SMILES string of the molecule is CC(C)c1cc(C(C)C)c(-c2cccc(-c3c(C(C)C)cc(C(C)C)cc3C(C)C)c2[As])c(C(C)C)c1. The summed E-state index contributed by atoms with van der Waals surface area (Å²) in [5.41, 5.74) is 14.4. The van der Waals surface area contributed by atoms with Crippen LogP contribution in [-0.2, 0) is 0 Å². The van der Waals surface area contributed by atoms with Gasteiger partial charge in [0.15, 0.2) is 0 Å². The summed E-state index contributed by atoms with van der Waals surface area (Å²) < 4.78 is 1.34. The minimum absolute atomic E-state index is 0.463. The molecule has 0 saturated heterocycles. The van der Waals surface area contributed by atoms with E-state index in [1.54, 1.807) is 0 Å². The summed E-state index contributed by atoms with van der Waals surface area (Å²) >= 11 is 2.97. The monoisotopic (exact) mass is 556 g/mol. The number of rotatable bonds is 8. The van der Waals surface area contributed by atoms with Gasteiger partial charge in [0.2, 0.25) is 0 Å². The Labute approximate surface area is 237 Å². The number of benzene rings is 3. The molecule has 0 atom stereocenters. The molecule has 37 heavy (non-hydrogen) atoms. The molecule has 0 aromatic heterocycles. The Hall–Kier alpha value is -1.78. The van der Waals surface area contributed by atoms with E-state index in [0.717, 1.165) is 0 Å². The van der Waals surface area contributed by atoms with E-state index in [4.69, 9.17) is 0 Å². The maximum atomic E-state index is 2.97. The summed E-state index contributed by atoms with van der Waals surface area (Å²) in [6, 6.07) is 16.9. The van der Waals surface area contributed by atoms with Gasteiger partial charge < -0.3 is 0 Å². The van der Waals surface area contributed by atoms with Crippen LogP contribution in [0.2, 0.25) is 0 Å². The molecule has 3 aromatic carbocycles. The van der Waals surface area contributed by atoms with Gasteiger partial charge in [-0.05, 0) is 0 Å². The average Bonchev–Trinajstić information content (AvgIpc) is 2.82. The Kier molecular flexibility index (Phi) is 9.61. The van der Waals surface area contributed by atoms with Crippen molar-refractivity contribution in [1.82, 2.24) is 0 Å². The fraction of sp³-hybridized carbons (Fsp3) is 0.500. The molecule has 0 unspecified atom stereocenters. The zero-order valence-corrected chi connectivity index (χ0v) is 27.3. The van der Waals surface area contributed by atoms with Crippen molar-refractivity contribution in [2.45, 2.75) is 119 Å². The molecule has 0 aliphatic rings. The van der Waals surface area contributed by atoms with Crippen LogP contribution in [0.25, 0.3) is 22.3 Å². The first-order valence-electron chi connectivity index (χ1n) is 14.4. The van der Waals surface area contributed by atoms with Gasteiger partial charge in [0.25, 0.3) is 0 Å². The van der Waals surface area contributed by atoms with Gasteiger partial charge in [-0.3, -0.25) is 0 Å². The minimum atomic E-state index is 0.463. The van der Waals surface area contributed by atoms with E-state index in [-0.39, 0.29) is 0 Å². The van der Waals surface area contributed by atoms with Crippen LogP contribution in [0.3, 0.4) is 0 Å². The van der Waals surface area contributed by atoms with Crippen LogP contribution in [0.15, 0.2) is 42.5 Å². The van der Waals surface area contributed by atoms with Crippen molar-refractivity contribution in [3.8, 4) is 22.3 Å². The van der Waals surface area contributed by atoms with Crippen LogP contribution >= 0.6 is 0 Å². The molecular weight excluding hydrogens is 507 g/mol. The van der Waals surface area contributed by atoms with Gasteiger partial charge in [0.1, 0.15) is 0 Å². The second-order valence-electron chi connectivity index (χ2n) is 12.8. The molecule has 198 valence electrons. The van der Waals surface area contributed by atoms with Crippen LogP contribution in [0.5, 0.6) is 0 Å². The Morgan fingerprint density at radius 1 is 0.432 bits per heavy atom. The molecule has 0 bridgehead atoms. The van der Waals surface area contributed by atoms with E-state index in [0.29, 0.717) is 35.5 Å². The quantitative estimate of drug-likeness (QED) is 0.242. The van der Waals surface area contributed by atoms with Crippen molar-refractivity contribution in [1.29, 1.82) is 0 Å². The fourth-order valence-corrected chi connectivity index (χ4v) is 6.26. The van der Waals surface area contributed by atoms with Crippen molar-refractivity contribution in [3.05, 3.63) is 75.8 Å². The predicted octanol–water partition coefficient (Wildman–Crippen LogP) is 10.6. The van der Waals surface area contributed by atoms with Gasteiger partial charge in [-0.1, -0.05) is 0 Å². The normalized spacial score (nSPS) is 12.3. The van der Waals surface area contributed by atoms with Gasteiger partial charge in [0.05, 0.1) is 0 Å². The van der Waals surface area contributed by atoms with Crippen molar-refractivity contribution in [3.63, 3.8) is 0 Å². The second kappa shape index (κ2) is 11.9. The molecular formula is C36H49As. The molecule has 1 heteroatoms. The Morgan fingerprint density at radius 2 is 0.703 bits per heavy atom. The standard InChI is InChI=1S/C36H49As/c1-20(2)26-16-30(22(5)6)34(31(17-26)23(7)8)28-14-13-15-29(36(28)37)35-32(24(9)10)18-27(21(3)4)19-33(35)25(11)12/h13-25H,1-12H3. The topological polar surface area (TPSA) is 0 Å². The van der Waals surface area contributed by atoms with E-state index >= 15 is 0 Å². The van der Waals surface area contributed by atoms with Crippen molar-refractivity contribution < 1.29 is 0 Å². The molecule has 0 saturated carbocycles. The summed E-state index contributed by atoms with van der Waals surface area (Å²) in [7, 11) is 0. The number of hydrogen-bond donors (Lipinski definition) is 0. The molecule has 2 radical (unpaired) electrons. The zero-order chi connectivity index (χ0) is 27.8. The van der Waals surface area contributed by atoms with E-state index in [2.05, 4.69) is 142 Å². The van der Waals surface area contributed by atoms with Gasteiger partial charge in [-0.15, -0.1) is 0 Å². The maximum absolute atomic E-state index is 2.97. The van der Waals surface area contributed by atoms with E-state index < -0.39 is 0 Å². The molecule has 0 nitrogen and oxygen atoms in total. The second-order valence-corrected chi connectivity index (χ2v) is 13.7. The third-order valence-corrected chi connectivity index (χ3v) is 8.85. The summed E-state index contributed by atoms with van der Waals surface area (Å²) in [4.78, 5) is 0. The van der Waals surface area contributed by atoms with E-state index in [1.165, 1.54) is 60.0 Å². The van der Waals surface area contributed by atoms with Crippen LogP contribution in [0.4, 0.5) is 0 Å². The Balaban J connectivity index is 2.44. The molecule has 3 aromatic rings. The van der Waals surface area contributed by atoms with Gasteiger partial charge in [-0.2, -0.15) is 0 Å². The molecule has 0 N–H and O–H groups in total. The molecule has 0 fully saturated rings. The molecule has 0 heterocycles. The summed E-state index contributed by atoms with van der Waals surface area (Å²) in [6.45, 7) is 28.0. The van der Waals surface area contributed by atoms with Crippen LogP contribution in [-0.4, -0.2) is 16.9 Å². The summed E-state index contributed by atoms with van der Waals surface area (Å²) in [5.74, 6) is 2.89. The number of hydrogen-bond acceptors (Lipinski definition) is 0. The van der Waals surface area contributed by atoms with Crippen molar-refractivity contribution in [2.75, 3.05) is 0 Å². The van der Waals surface area contributed by atoms with Gasteiger partial charge in [0, 0.05) is 0 Å². The van der Waals surface area contributed by atoms with Crippen LogP contribution < -0.4 is 4.35 Å². The Morgan fingerprint density at radius 3 is 0.919 bits per heavy atom. The first-order chi connectivity index (χ1) is 17.3. The zero-order valence-electron chi connectivity index (χ0n) is 25.5. The van der Waals surface area contributed by atoms with Crippen molar-refractivity contribution in [2.24, 2.45) is 0 Å². The molecule has 0 aliphatic carbocycles. The summed E-state index contributed by atoms with van der Waals surface area (Å²) in [5, 5.41) is 0. The Bertz CT molecular complexity index is 1090. The average molecular weight is 557 g/mol. The van der Waals surface area contributed by atoms with E-state index in [9.17, 15) is 0 Å². The van der Waals surface area contributed by atoms with Crippen LogP contribution in [0, 0.1) is 0 Å². The molecule has 0 spiro atoms. The predicted molar refractivity (Wildman–Crippen MR) is 167 cm³/mol. The molecule has 0 amide bonds. The summed E-state index contributed by atoms with van der Waals surface area (Å²) in [6.07, 6.45) is 0. The van der Waals surface area contributed by atoms with E-state index in [1.807, 2.05) is 0 Å². The molecule has 0 aliphatic heterocycles. The third kappa shape index (κ3) is 6.11. The van der Waals surface area contributed by atoms with Crippen molar-refractivity contribution >= 4 is 21.2 Å². The van der Waals surface area contributed by atoms with Crippen LogP contribution in [0.1, 0.15) is 152 Å². The third-order valence-electron chi connectivity index (χ3n) is 7.84. The molecule has 3 rings (SSSR count). The first-order valence-corrected chi connectivity index (χ1v) is 15.4. The van der Waals surface area contributed by atoms with Gasteiger partial charge >= 0.3 is 238 Å². The van der Waals surface area contributed by atoms with Gasteiger partial charge in [-0.25, -0.2) is 0 Å². The fourth-order valence-electron chi connectivity index (χ4n) is 5.48.